The summed E-state index contributed by atoms with van der Waals surface area (Å²) in [7, 11) is 3.47. The SMILES string of the molecule is COc1ccc(C(N)=S)c(N(C)CCO)c1. The summed E-state index contributed by atoms with van der Waals surface area (Å²) in [5.74, 6) is 0.736. The molecule has 1 rings (SSSR count). The quantitative estimate of drug-likeness (QED) is 0.744. The molecule has 0 heterocycles. The molecule has 0 aliphatic heterocycles. The molecule has 0 spiro atoms. The molecule has 0 fully saturated rings. The van der Waals surface area contributed by atoms with Gasteiger partial charge in [0.1, 0.15) is 10.7 Å². The maximum Gasteiger partial charge on any atom is 0.120 e. The largest absolute Gasteiger partial charge is 0.497 e. The maximum absolute atomic E-state index is 8.92. The molecule has 0 aromatic heterocycles. The zero-order chi connectivity index (χ0) is 12.1. The molecule has 0 saturated heterocycles. The molecule has 4 nitrogen and oxygen atoms in total. The van der Waals surface area contributed by atoms with Crippen LogP contribution in [0.5, 0.6) is 5.75 Å². The van der Waals surface area contributed by atoms with Crippen molar-refractivity contribution < 1.29 is 9.84 Å². The van der Waals surface area contributed by atoms with Crippen LogP contribution >= 0.6 is 12.2 Å². The Kier molecular flexibility index (Phi) is 4.52. The Morgan fingerprint density at radius 3 is 2.75 bits per heavy atom. The first-order valence-corrected chi connectivity index (χ1v) is 5.30. The third-order valence-electron chi connectivity index (χ3n) is 2.32. The number of methoxy groups -OCH3 is 1. The van der Waals surface area contributed by atoms with E-state index < -0.39 is 0 Å². The number of rotatable bonds is 5. The van der Waals surface area contributed by atoms with Crippen LogP contribution in [0.15, 0.2) is 18.2 Å². The van der Waals surface area contributed by atoms with Crippen molar-refractivity contribution in [3.63, 3.8) is 0 Å². The fraction of sp³-hybridized carbons (Fsp3) is 0.364. The van der Waals surface area contributed by atoms with Crippen LogP contribution in [0.1, 0.15) is 5.56 Å². The van der Waals surface area contributed by atoms with Crippen molar-refractivity contribution in [2.75, 3.05) is 32.2 Å². The molecule has 0 bridgehead atoms. The Morgan fingerprint density at radius 1 is 1.56 bits per heavy atom. The lowest BCUT2D eigenvalue weighted by atomic mass is 10.1. The second-order valence-electron chi connectivity index (χ2n) is 3.39. The summed E-state index contributed by atoms with van der Waals surface area (Å²) in [6.45, 7) is 0.591. The van der Waals surface area contributed by atoms with Gasteiger partial charge in [-0.25, -0.2) is 0 Å². The Morgan fingerprint density at radius 2 is 2.25 bits per heavy atom. The van der Waals surface area contributed by atoms with Gasteiger partial charge in [0.05, 0.1) is 19.4 Å². The predicted octanol–water partition coefficient (Wildman–Crippen LogP) is 0.758. The van der Waals surface area contributed by atoms with Crippen LogP contribution in [0.25, 0.3) is 0 Å². The molecule has 0 aliphatic carbocycles. The molecular formula is C11H16N2O2S. The van der Waals surface area contributed by atoms with E-state index in [9.17, 15) is 0 Å². The average Bonchev–Trinajstić information content (AvgIpc) is 2.28. The maximum atomic E-state index is 8.92. The lowest BCUT2D eigenvalue weighted by molar-refractivity contribution is 0.304. The molecule has 16 heavy (non-hydrogen) atoms. The molecule has 0 amide bonds. The van der Waals surface area contributed by atoms with Gasteiger partial charge in [-0.3, -0.25) is 0 Å². The van der Waals surface area contributed by atoms with Crippen LogP contribution in [0, 0.1) is 0 Å². The zero-order valence-corrected chi connectivity index (χ0v) is 10.3. The summed E-state index contributed by atoms with van der Waals surface area (Å²) in [5.41, 5.74) is 7.29. The number of aliphatic hydroxyl groups excluding tert-OH is 1. The van der Waals surface area contributed by atoms with E-state index in [0.29, 0.717) is 11.5 Å². The summed E-state index contributed by atoms with van der Waals surface area (Å²) >= 11 is 4.98. The molecule has 1 aromatic carbocycles. The molecule has 1 aromatic rings. The lowest BCUT2D eigenvalue weighted by Gasteiger charge is -2.21. The third-order valence-corrected chi connectivity index (χ3v) is 2.54. The third kappa shape index (κ3) is 2.84. The number of benzene rings is 1. The van der Waals surface area contributed by atoms with E-state index in [1.165, 1.54) is 0 Å². The van der Waals surface area contributed by atoms with Gasteiger partial charge < -0.3 is 20.5 Å². The van der Waals surface area contributed by atoms with E-state index in [0.717, 1.165) is 17.0 Å². The minimum absolute atomic E-state index is 0.0739. The smallest absolute Gasteiger partial charge is 0.120 e. The molecule has 88 valence electrons. The lowest BCUT2D eigenvalue weighted by Crippen LogP contribution is -2.24. The van der Waals surface area contributed by atoms with Crippen molar-refractivity contribution in [3.8, 4) is 5.75 Å². The minimum Gasteiger partial charge on any atom is -0.497 e. The fourth-order valence-corrected chi connectivity index (χ4v) is 1.61. The summed E-state index contributed by atoms with van der Waals surface area (Å²) in [4.78, 5) is 2.22. The highest BCUT2D eigenvalue weighted by Gasteiger charge is 2.10. The fourth-order valence-electron chi connectivity index (χ4n) is 1.43. The average molecular weight is 240 g/mol. The summed E-state index contributed by atoms with van der Waals surface area (Å²) in [6, 6.07) is 5.49. The van der Waals surface area contributed by atoms with Gasteiger partial charge >= 0.3 is 0 Å². The van der Waals surface area contributed by atoms with Crippen molar-refractivity contribution in [1.29, 1.82) is 0 Å². The van der Waals surface area contributed by atoms with Crippen molar-refractivity contribution in [1.82, 2.24) is 0 Å². The van der Waals surface area contributed by atoms with E-state index in [1.807, 2.05) is 30.1 Å². The van der Waals surface area contributed by atoms with Crippen LogP contribution < -0.4 is 15.4 Å². The molecule has 0 atom stereocenters. The van der Waals surface area contributed by atoms with E-state index >= 15 is 0 Å². The number of hydrogen-bond acceptors (Lipinski definition) is 4. The number of thiocarbonyl (C=S) groups is 1. The Hall–Kier alpha value is -1.33. The van der Waals surface area contributed by atoms with Crippen LogP contribution in [-0.4, -0.2) is 37.4 Å². The standard InChI is InChI=1S/C11H16N2O2S/c1-13(5-6-14)10-7-8(15-2)3-4-9(10)11(12)16/h3-4,7,14H,5-6H2,1-2H3,(H2,12,16). The van der Waals surface area contributed by atoms with Gasteiger partial charge in [-0.15, -0.1) is 0 Å². The summed E-state index contributed by atoms with van der Waals surface area (Å²) in [5, 5.41) is 8.92. The molecule has 0 saturated carbocycles. The monoisotopic (exact) mass is 240 g/mol. The van der Waals surface area contributed by atoms with E-state index in [2.05, 4.69) is 0 Å². The second kappa shape index (κ2) is 5.67. The number of aliphatic hydroxyl groups is 1. The van der Waals surface area contributed by atoms with Gasteiger partial charge in [-0.1, -0.05) is 12.2 Å². The van der Waals surface area contributed by atoms with Gasteiger partial charge in [0, 0.05) is 25.2 Å². The Labute approximate surface area is 101 Å². The number of ether oxygens (including phenoxy) is 1. The number of nitrogens with two attached hydrogens (primary N) is 1. The number of anilines is 1. The number of nitrogens with zero attached hydrogens (tertiary/aromatic N) is 1. The second-order valence-corrected chi connectivity index (χ2v) is 3.83. The highest BCUT2D eigenvalue weighted by atomic mass is 32.1. The van der Waals surface area contributed by atoms with Crippen LogP contribution in [0.4, 0.5) is 5.69 Å². The Balaban J connectivity index is 3.14. The Bertz CT molecular complexity index is 382. The topological polar surface area (TPSA) is 58.7 Å². The van der Waals surface area contributed by atoms with Crippen LogP contribution in [0.2, 0.25) is 0 Å². The first kappa shape index (κ1) is 12.7. The normalized spacial score (nSPS) is 9.94. The highest BCUT2D eigenvalue weighted by molar-refractivity contribution is 7.80. The van der Waals surface area contributed by atoms with Gasteiger partial charge in [0.2, 0.25) is 0 Å². The van der Waals surface area contributed by atoms with Crippen molar-refractivity contribution >= 4 is 22.9 Å². The van der Waals surface area contributed by atoms with Crippen molar-refractivity contribution in [2.45, 2.75) is 0 Å². The van der Waals surface area contributed by atoms with E-state index in [1.54, 1.807) is 7.11 Å². The van der Waals surface area contributed by atoms with Gasteiger partial charge in [-0.2, -0.15) is 0 Å². The van der Waals surface area contributed by atoms with E-state index in [-0.39, 0.29) is 6.61 Å². The summed E-state index contributed by atoms with van der Waals surface area (Å²) in [6.07, 6.45) is 0. The molecule has 5 heteroatoms. The molecule has 3 N–H and O–H groups in total. The first-order chi connectivity index (χ1) is 7.60. The molecule has 0 radical (unpaired) electrons. The first-order valence-electron chi connectivity index (χ1n) is 4.90. The summed E-state index contributed by atoms with van der Waals surface area (Å²) < 4.78 is 5.14. The minimum atomic E-state index is 0.0739. The highest BCUT2D eigenvalue weighted by Crippen LogP contribution is 2.25. The number of likely N-dealkylation sites (N-methyl/N-ethyl adjacent to an activating group) is 1. The van der Waals surface area contributed by atoms with Gasteiger partial charge in [0.15, 0.2) is 0 Å². The van der Waals surface area contributed by atoms with Crippen LogP contribution in [-0.2, 0) is 0 Å². The zero-order valence-electron chi connectivity index (χ0n) is 9.43. The van der Waals surface area contributed by atoms with Gasteiger partial charge in [-0.05, 0) is 12.1 Å². The van der Waals surface area contributed by atoms with E-state index in [4.69, 9.17) is 27.8 Å². The molecule has 0 aliphatic rings. The van der Waals surface area contributed by atoms with Gasteiger partial charge in [0.25, 0.3) is 0 Å². The molecular weight excluding hydrogens is 224 g/mol. The molecule has 0 unspecified atom stereocenters. The number of hydrogen-bond donors (Lipinski definition) is 2. The van der Waals surface area contributed by atoms with Crippen molar-refractivity contribution in [3.05, 3.63) is 23.8 Å². The van der Waals surface area contributed by atoms with Crippen LogP contribution in [0.3, 0.4) is 0 Å². The van der Waals surface area contributed by atoms with Crippen molar-refractivity contribution in [2.24, 2.45) is 5.73 Å². The predicted molar refractivity (Wildman–Crippen MR) is 69.2 cm³/mol.